The molecule has 0 aliphatic rings. The van der Waals surface area contributed by atoms with Crippen molar-refractivity contribution in [3.8, 4) is 0 Å². The molecule has 0 heterocycles. The maximum absolute atomic E-state index is 11.1. The first-order valence-corrected chi connectivity index (χ1v) is 16.5. The van der Waals surface area contributed by atoms with Gasteiger partial charge in [0.05, 0.1) is 33.9 Å². The quantitative estimate of drug-likeness (QED) is 0.0741. The number of likely N-dealkylation sites (N-methyl/N-ethyl adjacent to an activating group) is 1. The molecule has 2 atom stereocenters. The molecule has 0 saturated carbocycles. The second-order valence-corrected chi connectivity index (χ2v) is 13.0. The summed E-state index contributed by atoms with van der Waals surface area (Å²) in [4.78, 5) is 18.0. The molecule has 0 amide bonds. The van der Waals surface area contributed by atoms with Crippen LogP contribution in [-0.4, -0.2) is 86.0 Å². The molecule has 212 valence electrons. The molecule has 35 heavy (non-hydrogen) atoms. The van der Waals surface area contributed by atoms with E-state index in [1.807, 2.05) is 21.1 Å². The number of ether oxygens (including phenoxy) is 2. The van der Waals surface area contributed by atoms with Crippen molar-refractivity contribution in [2.45, 2.75) is 109 Å². The molecule has 0 radical (unpaired) electrons. The van der Waals surface area contributed by atoms with E-state index >= 15 is 0 Å². The molecule has 0 rings (SSSR count). The van der Waals surface area contributed by atoms with Crippen LogP contribution in [0.1, 0.15) is 96.8 Å². The lowest BCUT2D eigenvalue weighted by Gasteiger charge is -2.35. The molecule has 0 aromatic rings. The molecule has 0 saturated heterocycles. The van der Waals surface area contributed by atoms with E-state index in [1.165, 1.54) is 88.6 Å². The molecule has 2 unspecified atom stereocenters. The van der Waals surface area contributed by atoms with Crippen molar-refractivity contribution in [2.24, 2.45) is 0 Å². The van der Waals surface area contributed by atoms with Crippen LogP contribution in [0.4, 0.5) is 0 Å². The molecule has 0 aromatic heterocycles. The van der Waals surface area contributed by atoms with Gasteiger partial charge in [-0.1, -0.05) is 71.1 Å². The van der Waals surface area contributed by atoms with Gasteiger partial charge in [-0.15, -0.1) is 0 Å². The minimum absolute atomic E-state index is 0.0234. The van der Waals surface area contributed by atoms with Gasteiger partial charge >= 0.3 is 7.82 Å². The lowest BCUT2D eigenvalue weighted by molar-refractivity contribution is -0.897. The summed E-state index contributed by atoms with van der Waals surface area (Å²) in [5.41, 5.74) is 0. The van der Waals surface area contributed by atoms with Crippen LogP contribution in [0.3, 0.4) is 0 Å². The molecule has 0 bridgehead atoms. The van der Waals surface area contributed by atoms with Gasteiger partial charge in [-0.2, -0.15) is 11.8 Å². The van der Waals surface area contributed by atoms with Gasteiger partial charge in [0.2, 0.25) is 0 Å². The normalized spacial score (nSPS) is 14.4. The van der Waals surface area contributed by atoms with Gasteiger partial charge in [-0.3, -0.25) is 4.52 Å². The van der Waals surface area contributed by atoms with E-state index in [0.29, 0.717) is 17.5 Å². The van der Waals surface area contributed by atoms with Crippen LogP contribution >= 0.6 is 19.6 Å². The molecule has 2 N–H and O–H groups in total. The van der Waals surface area contributed by atoms with E-state index in [-0.39, 0.29) is 18.8 Å². The van der Waals surface area contributed by atoms with E-state index < -0.39 is 7.82 Å². The summed E-state index contributed by atoms with van der Waals surface area (Å²) in [5.74, 6) is 2.53. The van der Waals surface area contributed by atoms with E-state index in [1.54, 1.807) is 7.11 Å². The zero-order valence-electron chi connectivity index (χ0n) is 23.4. The summed E-state index contributed by atoms with van der Waals surface area (Å²) in [6, 6.07) is -0.108. The molecule has 7 nitrogen and oxygen atoms in total. The highest BCUT2D eigenvalue weighted by Gasteiger charge is 2.30. The fourth-order valence-corrected chi connectivity index (χ4v) is 5.31. The number of phosphoric ester groups is 1. The van der Waals surface area contributed by atoms with Crippen molar-refractivity contribution < 1.29 is 32.8 Å². The summed E-state index contributed by atoms with van der Waals surface area (Å²) >= 11 is 2.09. The number of unbranched alkanes of at least 4 members (excludes halogenated alkanes) is 11. The number of nitrogens with zero attached hydrogens (tertiary/aromatic N) is 1. The zero-order valence-corrected chi connectivity index (χ0v) is 25.1. The predicted molar refractivity (Wildman–Crippen MR) is 149 cm³/mol. The van der Waals surface area contributed by atoms with E-state index in [2.05, 4.69) is 18.7 Å². The molecule has 0 spiro atoms. The van der Waals surface area contributed by atoms with Crippen LogP contribution in [-0.2, 0) is 18.6 Å². The van der Waals surface area contributed by atoms with Crippen LogP contribution in [0.25, 0.3) is 0 Å². The lowest BCUT2D eigenvalue weighted by atomic mass is 10.1. The lowest BCUT2D eigenvalue weighted by Crippen LogP contribution is -2.49. The first-order chi connectivity index (χ1) is 16.6. The standard InChI is InChI=1S/C26H56NO6PS/c1-6-7-8-9-10-11-12-13-14-17-20-35-21-18-15-16-19-32-24-26(31-5)22-25(27(2,3)4)23-33-34(28,29)30/h25-26H,6-24H2,1-5H3,(H-,28,29,30)/p+1. The minimum atomic E-state index is -4.48. The number of thioether (sulfide) groups is 1. The van der Waals surface area contributed by atoms with E-state index in [9.17, 15) is 4.57 Å². The molecular formula is C26H57NO6PS+. The number of quaternary nitrogens is 1. The van der Waals surface area contributed by atoms with Crippen LogP contribution in [0.15, 0.2) is 0 Å². The maximum Gasteiger partial charge on any atom is 0.469 e. The van der Waals surface area contributed by atoms with Gasteiger partial charge in [0.1, 0.15) is 12.6 Å². The summed E-state index contributed by atoms with van der Waals surface area (Å²) < 4.78 is 27.7. The first-order valence-electron chi connectivity index (χ1n) is 13.8. The zero-order chi connectivity index (χ0) is 26.4. The van der Waals surface area contributed by atoms with Crippen molar-refractivity contribution in [3.63, 3.8) is 0 Å². The minimum Gasteiger partial charge on any atom is -0.379 e. The molecule has 0 fully saturated rings. The van der Waals surface area contributed by atoms with Crippen LogP contribution < -0.4 is 0 Å². The van der Waals surface area contributed by atoms with Gasteiger partial charge in [0.15, 0.2) is 0 Å². The van der Waals surface area contributed by atoms with Crippen LogP contribution in [0.5, 0.6) is 0 Å². The fraction of sp³-hybridized carbons (Fsp3) is 1.00. The third-order valence-electron chi connectivity index (χ3n) is 6.42. The smallest absolute Gasteiger partial charge is 0.379 e. The van der Waals surface area contributed by atoms with Gasteiger partial charge in [0.25, 0.3) is 0 Å². The highest BCUT2D eigenvalue weighted by Crippen LogP contribution is 2.36. The van der Waals surface area contributed by atoms with E-state index in [0.717, 1.165) is 13.0 Å². The SMILES string of the molecule is CCCCCCCCCCCCSCCCCCOCC(CC(COP(=O)(O)O)[N+](C)(C)C)OC. The second-order valence-electron chi connectivity index (χ2n) is 10.6. The molecular weight excluding hydrogens is 485 g/mol. The van der Waals surface area contributed by atoms with Crippen molar-refractivity contribution in [2.75, 3.05) is 59.6 Å². The Morgan fingerprint density at radius 2 is 1.31 bits per heavy atom. The van der Waals surface area contributed by atoms with Crippen molar-refractivity contribution in [1.29, 1.82) is 0 Å². The highest BCUT2D eigenvalue weighted by molar-refractivity contribution is 7.99. The Morgan fingerprint density at radius 3 is 1.80 bits per heavy atom. The monoisotopic (exact) mass is 542 g/mol. The summed E-state index contributed by atoms with van der Waals surface area (Å²) in [5, 5.41) is 0. The fourth-order valence-electron chi connectivity index (χ4n) is 3.92. The van der Waals surface area contributed by atoms with Gasteiger partial charge in [-0.25, -0.2) is 4.57 Å². The first kappa shape index (κ1) is 35.3. The second kappa shape index (κ2) is 22.3. The largest absolute Gasteiger partial charge is 0.469 e. The number of methoxy groups -OCH3 is 1. The summed E-state index contributed by atoms with van der Waals surface area (Å²) in [6.45, 7) is 3.45. The number of rotatable bonds is 26. The molecule has 0 aliphatic carbocycles. The average molecular weight is 543 g/mol. The summed E-state index contributed by atoms with van der Waals surface area (Å²) in [7, 11) is 3.11. The average Bonchev–Trinajstić information content (AvgIpc) is 2.78. The molecule has 9 heteroatoms. The maximum atomic E-state index is 11.1. The van der Waals surface area contributed by atoms with Gasteiger partial charge in [-0.05, 0) is 30.8 Å². The summed E-state index contributed by atoms with van der Waals surface area (Å²) in [6.07, 6.45) is 17.9. The molecule has 0 aromatic carbocycles. The van der Waals surface area contributed by atoms with Crippen molar-refractivity contribution in [1.82, 2.24) is 0 Å². The Morgan fingerprint density at radius 1 is 0.800 bits per heavy atom. The van der Waals surface area contributed by atoms with Gasteiger partial charge in [0, 0.05) is 20.1 Å². The van der Waals surface area contributed by atoms with Gasteiger partial charge < -0.3 is 23.7 Å². The van der Waals surface area contributed by atoms with E-state index in [4.69, 9.17) is 23.8 Å². The Balaban J connectivity index is 3.66. The highest BCUT2D eigenvalue weighted by atomic mass is 32.2. The number of hydrogen-bond acceptors (Lipinski definition) is 5. The van der Waals surface area contributed by atoms with Crippen molar-refractivity contribution >= 4 is 19.6 Å². The van der Waals surface area contributed by atoms with Crippen LogP contribution in [0.2, 0.25) is 0 Å². The number of hydrogen-bond donors (Lipinski definition) is 2. The van der Waals surface area contributed by atoms with Crippen LogP contribution in [0, 0.1) is 0 Å². The molecule has 0 aliphatic heterocycles. The third-order valence-corrected chi connectivity index (χ3v) is 8.06. The Kier molecular flexibility index (Phi) is 22.6. The van der Waals surface area contributed by atoms with Crippen molar-refractivity contribution in [3.05, 3.63) is 0 Å². The Hall–Kier alpha value is 0.340. The topological polar surface area (TPSA) is 85.2 Å². The predicted octanol–water partition coefficient (Wildman–Crippen LogP) is 6.42. The third kappa shape index (κ3) is 24.4. The Labute approximate surface area is 220 Å². The Bertz CT molecular complexity index is 515. The number of phosphoric acid groups is 1.